The first kappa shape index (κ1) is 15.1. The van der Waals surface area contributed by atoms with E-state index in [1.54, 1.807) is 7.05 Å². The molecule has 2 unspecified atom stereocenters. The fraction of sp³-hybridized carbons (Fsp3) is 0.800. The van der Waals surface area contributed by atoms with Crippen LogP contribution in [0.1, 0.15) is 33.1 Å². The molecule has 1 N–H and O–H groups in total. The van der Waals surface area contributed by atoms with E-state index in [9.17, 15) is 9.59 Å². The Morgan fingerprint density at radius 2 is 1.91 bits per heavy atom. The number of guanidine groups is 1. The Morgan fingerprint density at radius 3 is 2.55 bits per heavy atom. The summed E-state index contributed by atoms with van der Waals surface area (Å²) in [4.78, 5) is 34.9. The Kier molecular flexibility index (Phi) is 3.97. The summed E-state index contributed by atoms with van der Waals surface area (Å²) in [5.74, 6) is 1.08. The number of hydrogen-bond donors (Lipinski definition) is 1. The highest BCUT2D eigenvalue weighted by Gasteiger charge is 2.49. The first-order chi connectivity index (χ1) is 10.5. The van der Waals surface area contributed by atoms with Crippen LogP contribution in [0, 0.1) is 5.92 Å². The second-order valence-electron chi connectivity index (χ2n) is 6.79. The number of carbonyl (C=O) groups is 2. The van der Waals surface area contributed by atoms with Gasteiger partial charge in [0.25, 0.3) is 5.91 Å². The van der Waals surface area contributed by atoms with Crippen LogP contribution in [-0.2, 0) is 4.79 Å². The van der Waals surface area contributed by atoms with Crippen LogP contribution in [0.15, 0.2) is 4.99 Å². The van der Waals surface area contributed by atoms with Gasteiger partial charge in [0, 0.05) is 26.7 Å². The van der Waals surface area contributed by atoms with E-state index in [2.05, 4.69) is 29.0 Å². The van der Waals surface area contributed by atoms with Gasteiger partial charge in [-0.15, -0.1) is 0 Å². The maximum absolute atomic E-state index is 12.4. The van der Waals surface area contributed by atoms with Crippen molar-refractivity contribution in [3.63, 3.8) is 0 Å². The van der Waals surface area contributed by atoms with E-state index >= 15 is 0 Å². The molecule has 0 aliphatic carbocycles. The zero-order valence-electron chi connectivity index (χ0n) is 13.6. The average Bonchev–Trinajstić information content (AvgIpc) is 2.85. The molecule has 122 valence electrons. The van der Waals surface area contributed by atoms with E-state index < -0.39 is 12.2 Å². The van der Waals surface area contributed by atoms with E-state index in [0.717, 1.165) is 38.4 Å². The lowest BCUT2D eigenvalue weighted by Gasteiger charge is -2.39. The van der Waals surface area contributed by atoms with Crippen LogP contribution in [0.5, 0.6) is 0 Å². The van der Waals surface area contributed by atoms with Gasteiger partial charge in [-0.3, -0.25) is 10.1 Å². The molecule has 3 aliphatic heterocycles. The molecule has 0 aromatic carbocycles. The monoisotopic (exact) mass is 307 g/mol. The van der Waals surface area contributed by atoms with E-state index in [4.69, 9.17) is 4.99 Å². The number of likely N-dealkylation sites (tertiary alicyclic amines) is 1. The Balaban J connectivity index is 1.91. The lowest BCUT2D eigenvalue weighted by molar-refractivity contribution is -0.127. The molecule has 7 heteroatoms. The molecule has 3 heterocycles. The number of nitrogens with zero attached hydrogens (tertiary/aromatic N) is 4. The van der Waals surface area contributed by atoms with Crippen molar-refractivity contribution in [3.05, 3.63) is 0 Å². The third-order valence-corrected chi connectivity index (χ3v) is 4.54. The lowest BCUT2D eigenvalue weighted by atomic mass is 10.1. The minimum atomic E-state index is -0.406. The van der Waals surface area contributed by atoms with Gasteiger partial charge in [-0.2, -0.15) is 0 Å². The fourth-order valence-corrected chi connectivity index (χ4v) is 3.46. The summed E-state index contributed by atoms with van der Waals surface area (Å²) in [6.45, 7) is 7.00. The zero-order valence-corrected chi connectivity index (χ0v) is 13.6. The van der Waals surface area contributed by atoms with Gasteiger partial charge >= 0.3 is 6.03 Å². The van der Waals surface area contributed by atoms with Gasteiger partial charge in [0.05, 0.1) is 0 Å². The summed E-state index contributed by atoms with van der Waals surface area (Å²) in [7, 11) is 1.70. The van der Waals surface area contributed by atoms with Crippen LogP contribution in [0.25, 0.3) is 0 Å². The number of likely N-dealkylation sites (N-methyl/N-ethyl adjacent to an activating group) is 1. The molecule has 0 radical (unpaired) electrons. The van der Waals surface area contributed by atoms with Crippen molar-refractivity contribution in [1.29, 1.82) is 0 Å². The van der Waals surface area contributed by atoms with Gasteiger partial charge in [-0.1, -0.05) is 13.8 Å². The summed E-state index contributed by atoms with van der Waals surface area (Å²) in [6, 6.07) is -0.763. The van der Waals surface area contributed by atoms with Gasteiger partial charge < -0.3 is 14.7 Å². The molecular formula is C15H25N5O2. The molecule has 0 bridgehead atoms. The number of piperidine rings is 1. The van der Waals surface area contributed by atoms with Crippen molar-refractivity contribution in [2.24, 2.45) is 10.9 Å². The summed E-state index contributed by atoms with van der Waals surface area (Å²) in [5.41, 5.74) is 0. The smallest absolute Gasteiger partial charge is 0.325 e. The number of hydrogen-bond acceptors (Lipinski definition) is 5. The second kappa shape index (κ2) is 5.78. The minimum Gasteiger partial charge on any atom is -0.343 e. The van der Waals surface area contributed by atoms with Gasteiger partial charge in [0.1, 0.15) is 0 Å². The zero-order chi connectivity index (χ0) is 15.9. The van der Waals surface area contributed by atoms with Crippen LogP contribution in [0.4, 0.5) is 4.79 Å². The minimum absolute atomic E-state index is 0.232. The van der Waals surface area contributed by atoms with Crippen molar-refractivity contribution in [2.75, 3.05) is 26.7 Å². The topological polar surface area (TPSA) is 68.2 Å². The molecule has 0 saturated carbocycles. The van der Waals surface area contributed by atoms with E-state index in [-0.39, 0.29) is 11.9 Å². The van der Waals surface area contributed by atoms with E-state index in [1.807, 2.05) is 0 Å². The molecular weight excluding hydrogens is 282 g/mol. The van der Waals surface area contributed by atoms with Crippen LogP contribution in [-0.4, -0.2) is 71.5 Å². The predicted octanol–water partition coefficient (Wildman–Crippen LogP) is 0.676. The first-order valence-corrected chi connectivity index (χ1v) is 8.16. The quantitative estimate of drug-likeness (QED) is 0.814. The highest BCUT2D eigenvalue weighted by Crippen LogP contribution is 2.27. The molecule has 3 aliphatic rings. The number of fused-ring (bicyclic) bond motifs is 1. The average molecular weight is 307 g/mol. The molecule has 22 heavy (non-hydrogen) atoms. The molecule has 0 aromatic rings. The standard InChI is InChI=1S/C15H25N5O2/c1-10(2)9-20-11-12(18(3)15(22)17-13(11)21)16-14(20)19-7-5-4-6-8-19/h10-12H,4-9H2,1-3H3,(H,17,21,22). The number of nitrogens with one attached hydrogen (secondary N) is 1. The predicted molar refractivity (Wildman–Crippen MR) is 83.3 cm³/mol. The molecule has 3 amide bonds. The van der Waals surface area contributed by atoms with Gasteiger partial charge in [0.15, 0.2) is 18.2 Å². The molecule has 2 saturated heterocycles. The van der Waals surface area contributed by atoms with Crippen LogP contribution in [0.2, 0.25) is 0 Å². The van der Waals surface area contributed by atoms with Gasteiger partial charge in [-0.25, -0.2) is 9.79 Å². The largest absolute Gasteiger partial charge is 0.343 e. The third-order valence-electron chi connectivity index (χ3n) is 4.54. The van der Waals surface area contributed by atoms with Crippen molar-refractivity contribution in [3.8, 4) is 0 Å². The Bertz CT molecular complexity index is 498. The number of carbonyl (C=O) groups excluding carboxylic acids is 2. The number of rotatable bonds is 2. The molecule has 0 spiro atoms. The molecule has 2 atom stereocenters. The maximum atomic E-state index is 12.4. The Morgan fingerprint density at radius 1 is 1.23 bits per heavy atom. The number of aliphatic imine (C=N–C) groups is 1. The molecule has 3 rings (SSSR count). The Labute approximate surface area is 131 Å². The van der Waals surface area contributed by atoms with Crippen molar-refractivity contribution < 1.29 is 9.59 Å². The summed E-state index contributed by atoms with van der Waals surface area (Å²) < 4.78 is 0. The first-order valence-electron chi connectivity index (χ1n) is 8.16. The SMILES string of the molecule is CC(C)CN1C(N2CCCCC2)=NC2C1C(=O)NC(=O)N2C. The summed E-state index contributed by atoms with van der Waals surface area (Å²) in [5, 5.41) is 2.44. The van der Waals surface area contributed by atoms with Crippen molar-refractivity contribution in [1.82, 2.24) is 20.0 Å². The van der Waals surface area contributed by atoms with Crippen LogP contribution >= 0.6 is 0 Å². The van der Waals surface area contributed by atoms with Crippen molar-refractivity contribution in [2.45, 2.75) is 45.3 Å². The lowest BCUT2D eigenvalue weighted by Crippen LogP contribution is -2.64. The van der Waals surface area contributed by atoms with E-state index in [0.29, 0.717) is 5.92 Å². The normalized spacial score (nSPS) is 28.9. The second-order valence-corrected chi connectivity index (χ2v) is 6.79. The summed E-state index contributed by atoms with van der Waals surface area (Å²) in [6.07, 6.45) is 3.16. The highest BCUT2D eigenvalue weighted by molar-refractivity contribution is 6.03. The number of urea groups is 1. The van der Waals surface area contributed by atoms with Crippen molar-refractivity contribution >= 4 is 17.9 Å². The Hall–Kier alpha value is -1.79. The highest BCUT2D eigenvalue weighted by atomic mass is 16.2. The molecule has 0 aromatic heterocycles. The van der Waals surface area contributed by atoms with Gasteiger partial charge in [-0.05, 0) is 25.2 Å². The summed E-state index contributed by atoms with van der Waals surface area (Å²) >= 11 is 0. The van der Waals surface area contributed by atoms with Gasteiger partial charge in [0.2, 0.25) is 0 Å². The number of amides is 3. The van der Waals surface area contributed by atoms with E-state index in [1.165, 1.54) is 11.3 Å². The molecule has 2 fully saturated rings. The number of imide groups is 1. The maximum Gasteiger partial charge on any atom is 0.325 e. The molecule has 7 nitrogen and oxygen atoms in total. The van der Waals surface area contributed by atoms with Crippen LogP contribution < -0.4 is 5.32 Å². The fourth-order valence-electron chi connectivity index (χ4n) is 3.46. The third kappa shape index (κ3) is 2.53. The van der Waals surface area contributed by atoms with Crippen LogP contribution in [0.3, 0.4) is 0 Å².